The fraction of sp³-hybridized carbons (Fsp3) is 0.176. The largest absolute Gasteiger partial charge is 0.478 e. The van der Waals surface area contributed by atoms with Crippen molar-refractivity contribution < 1.29 is 47.7 Å². The van der Waals surface area contributed by atoms with E-state index >= 15 is 0 Å². The molecule has 230 valence electrons. The Morgan fingerprint density at radius 3 is 1.93 bits per heavy atom. The van der Waals surface area contributed by atoms with Gasteiger partial charge in [0.05, 0.1) is 33.9 Å². The average Bonchev–Trinajstić information content (AvgIpc) is 3.02. The minimum atomic E-state index is -4.49. The van der Waals surface area contributed by atoms with Crippen LogP contribution in [0.15, 0.2) is 84.9 Å². The Hall–Kier alpha value is -5.45. The molecule has 0 aromatic heterocycles. The zero-order valence-corrected chi connectivity index (χ0v) is 23.5. The third-order valence-electron chi connectivity index (χ3n) is 7.88. The second kappa shape index (κ2) is 12.3. The van der Waals surface area contributed by atoms with Crippen LogP contribution in [-0.4, -0.2) is 44.0 Å². The molecule has 4 aromatic rings. The lowest BCUT2D eigenvalue weighted by Gasteiger charge is -2.36. The van der Waals surface area contributed by atoms with Crippen molar-refractivity contribution in [1.82, 2.24) is 4.90 Å². The highest BCUT2D eigenvalue weighted by Crippen LogP contribution is 2.37. The Morgan fingerprint density at radius 1 is 0.711 bits per heavy atom. The molecule has 0 fully saturated rings. The minimum Gasteiger partial charge on any atom is -0.478 e. The molecule has 0 aliphatic heterocycles. The first-order valence-corrected chi connectivity index (χ1v) is 13.9. The Bertz CT molecular complexity index is 1820. The molecule has 8 nitrogen and oxygen atoms in total. The normalized spacial score (nSPS) is 14.3. The molecule has 0 saturated heterocycles. The first kappa shape index (κ1) is 31.0. The maximum atomic E-state index is 14.3. The Balaban J connectivity index is 1.61. The third-order valence-corrected chi connectivity index (χ3v) is 7.88. The fourth-order valence-corrected chi connectivity index (χ4v) is 5.74. The van der Waals surface area contributed by atoms with Gasteiger partial charge in [0.2, 0.25) is 0 Å². The quantitative estimate of drug-likeness (QED) is 0.191. The standard InChI is InChI=1S/C34H26F3NO7/c35-34(36,37)23-13-11-20(12-14-23)22-8-3-5-19(15-22)18-38(29-10-4-7-21-6-1-2-9-24(21)29)30(39)25-16-27(32(42)43)28(33(44)45)17-26(25)31(40)41/h1-3,5-6,8-9,11-17,29H,4,7,10,18H2,(H,40,41)(H,42,43)(H,44,45)/t29-/m0/s1. The molecule has 0 spiro atoms. The van der Waals surface area contributed by atoms with E-state index in [2.05, 4.69) is 0 Å². The lowest BCUT2D eigenvalue weighted by atomic mass is 9.86. The zero-order valence-electron chi connectivity index (χ0n) is 23.5. The van der Waals surface area contributed by atoms with Gasteiger partial charge in [-0.3, -0.25) is 4.79 Å². The lowest BCUT2D eigenvalue weighted by molar-refractivity contribution is -0.137. The summed E-state index contributed by atoms with van der Waals surface area (Å²) in [4.78, 5) is 51.7. The fourth-order valence-electron chi connectivity index (χ4n) is 5.74. The highest BCUT2D eigenvalue weighted by molar-refractivity contribution is 6.10. The number of hydrogen-bond acceptors (Lipinski definition) is 4. The molecule has 4 aromatic carbocycles. The van der Waals surface area contributed by atoms with Crippen molar-refractivity contribution in [2.75, 3.05) is 0 Å². The molecule has 1 aliphatic carbocycles. The van der Waals surface area contributed by atoms with Crippen molar-refractivity contribution in [2.24, 2.45) is 0 Å². The van der Waals surface area contributed by atoms with Crippen molar-refractivity contribution in [3.05, 3.63) is 129 Å². The van der Waals surface area contributed by atoms with E-state index < -0.39 is 63.9 Å². The number of nitrogens with zero attached hydrogens (tertiary/aromatic N) is 1. The second-order valence-electron chi connectivity index (χ2n) is 10.7. The number of aryl methyl sites for hydroxylation is 1. The van der Waals surface area contributed by atoms with Gasteiger partial charge in [0.25, 0.3) is 5.91 Å². The number of carboxylic acid groups (broad SMARTS) is 3. The maximum Gasteiger partial charge on any atom is 0.416 e. The van der Waals surface area contributed by atoms with Gasteiger partial charge in [0, 0.05) is 6.54 Å². The van der Waals surface area contributed by atoms with Gasteiger partial charge in [0.1, 0.15) is 0 Å². The summed E-state index contributed by atoms with van der Waals surface area (Å²) in [7, 11) is 0. The van der Waals surface area contributed by atoms with E-state index in [1.54, 1.807) is 24.3 Å². The van der Waals surface area contributed by atoms with Gasteiger partial charge >= 0.3 is 24.1 Å². The number of carbonyl (C=O) groups is 4. The number of halogens is 3. The smallest absolute Gasteiger partial charge is 0.416 e. The second-order valence-corrected chi connectivity index (χ2v) is 10.7. The Labute approximate surface area is 255 Å². The molecule has 0 unspecified atom stereocenters. The van der Waals surface area contributed by atoms with Gasteiger partial charge < -0.3 is 20.2 Å². The van der Waals surface area contributed by atoms with E-state index in [1.165, 1.54) is 17.0 Å². The summed E-state index contributed by atoms with van der Waals surface area (Å²) in [6, 6.07) is 19.9. The van der Waals surface area contributed by atoms with Gasteiger partial charge in [-0.1, -0.05) is 54.6 Å². The van der Waals surface area contributed by atoms with E-state index in [9.17, 15) is 47.7 Å². The van der Waals surface area contributed by atoms with E-state index in [-0.39, 0.29) is 6.54 Å². The summed E-state index contributed by atoms with van der Waals surface area (Å²) in [6.45, 7) is -0.0611. The van der Waals surface area contributed by atoms with Crippen molar-refractivity contribution in [2.45, 2.75) is 38.0 Å². The zero-order chi connectivity index (χ0) is 32.5. The molecule has 11 heteroatoms. The van der Waals surface area contributed by atoms with Crippen LogP contribution < -0.4 is 0 Å². The number of rotatable bonds is 8. The summed E-state index contributed by atoms with van der Waals surface area (Å²) >= 11 is 0. The van der Waals surface area contributed by atoms with Gasteiger partial charge in [-0.05, 0) is 77.4 Å². The van der Waals surface area contributed by atoms with Crippen molar-refractivity contribution >= 4 is 23.8 Å². The first-order valence-electron chi connectivity index (χ1n) is 13.9. The van der Waals surface area contributed by atoms with Gasteiger partial charge in [-0.25, -0.2) is 14.4 Å². The third kappa shape index (κ3) is 6.42. The number of carbonyl (C=O) groups excluding carboxylic acids is 1. The van der Waals surface area contributed by atoms with Crippen LogP contribution in [0.4, 0.5) is 13.2 Å². The molecular weight excluding hydrogens is 591 g/mol. The molecule has 1 atom stereocenters. The number of amides is 1. The summed E-state index contributed by atoms with van der Waals surface area (Å²) in [5, 5.41) is 29.2. The highest BCUT2D eigenvalue weighted by atomic mass is 19.4. The van der Waals surface area contributed by atoms with Gasteiger partial charge in [-0.2, -0.15) is 13.2 Å². The summed E-state index contributed by atoms with van der Waals surface area (Å²) in [5.74, 6) is -5.72. The summed E-state index contributed by atoms with van der Waals surface area (Å²) < 4.78 is 39.3. The maximum absolute atomic E-state index is 14.3. The number of aromatic carboxylic acids is 3. The molecule has 0 heterocycles. The van der Waals surface area contributed by atoms with Crippen molar-refractivity contribution in [3.8, 4) is 11.1 Å². The van der Waals surface area contributed by atoms with Crippen LogP contribution in [0, 0.1) is 0 Å². The average molecular weight is 618 g/mol. The minimum absolute atomic E-state index is 0.0611. The summed E-state index contributed by atoms with van der Waals surface area (Å²) in [5.41, 5.74) is 0.0862. The molecular formula is C34H26F3NO7. The molecule has 1 amide bonds. The van der Waals surface area contributed by atoms with Crippen LogP contribution in [-0.2, 0) is 19.1 Å². The molecule has 3 N–H and O–H groups in total. The lowest BCUT2D eigenvalue weighted by Crippen LogP contribution is -2.37. The number of fused-ring (bicyclic) bond motifs is 1. The van der Waals surface area contributed by atoms with E-state index in [1.807, 2.05) is 24.3 Å². The van der Waals surface area contributed by atoms with Gasteiger partial charge in [0.15, 0.2) is 0 Å². The van der Waals surface area contributed by atoms with Crippen LogP contribution in [0.3, 0.4) is 0 Å². The number of alkyl halides is 3. The molecule has 0 radical (unpaired) electrons. The summed E-state index contributed by atoms with van der Waals surface area (Å²) in [6.07, 6.45) is -2.51. The van der Waals surface area contributed by atoms with Crippen LogP contribution >= 0.6 is 0 Å². The van der Waals surface area contributed by atoms with Crippen LogP contribution in [0.25, 0.3) is 11.1 Å². The molecule has 0 saturated carbocycles. The predicted molar refractivity (Wildman–Crippen MR) is 156 cm³/mol. The van der Waals surface area contributed by atoms with E-state index in [4.69, 9.17) is 0 Å². The molecule has 1 aliphatic rings. The first-order chi connectivity index (χ1) is 21.3. The van der Waals surface area contributed by atoms with Crippen LogP contribution in [0.2, 0.25) is 0 Å². The molecule has 0 bridgehead atoms. The van der Waals surface area contributed by atoms with Crippen molar-refractivity contribution in [1.29, 1.82) is 0 Å². The monoisotopic (exact) mass is 617 g/mol. The predicted octanol–water partition coefficient (Wildman–Crippen LogP) is 7.19. The van der Waals surface area contributed by atoms with Gasteiger partial charge in [-0.15, -0.1) is 0 Å². The molecule has 45 heavy (non-hydrogen) atoms. The van der Waals surface area contributed by atoms with Crippen molar-refractivity contribution in [3.63, 3.8) is 0 Å². The van der Waals surface area contributed by atoms with Crippen LogP contribution in [0.1, 0.15) is 82.6 Å². The Kier molecular flexibility index (Phi) is 8.45. The topological polar surface area (TPSA) is 132 Å². The highest BCUT2D eigenvalue weighted by Gasteiger charge is 2.34. The van der Waals surface area contributed by atoms with Crippen LogP contribution in [0.5, 0.6) is 0 Å². The molecule has 5 rings (SSSR count). The SMILES string of the molecule is O=C(O)c1cc(C(=O)O)c(C(=O)N(Cc2cccc(-c3ccc(C(F)(F)F)cc3)c2)[C@H]2CCCc3ccccc32)cc1C(=O)O. The number of benzene rings is 4. The Morgan fingerprint density at radius 2 is 1.31 bits per heavy atom. The number of hydrogen-bond donors (Lipinski definition) is 3. The van der Waals surface area contributed by atoms with E-state index in [0.717, 1.165) is 35.7 Å². The van der Waals surface area contributed by atoms with E-state index in [0.29, 0.717) is 35.6 Å². The number of carboxylic acids is 3.